The third kappa shape index (κ3) is 3.55. The molecule has 2 aromatic carbocycles. The van der Waals surface area contributed by atoms with Gasteiger partial charge in [0.2, 0.25) is 0 Å². The van der Waals surface area contributed by atoms with Crippen LogP contribution in [0, 0.1) is 13.8 Å². The van der Waals surface area contributed by atoms with Crippen molar-refractivity contribution >= 4 is 39.9 Å². The van der Waals surface area contributed by atoms with Crippen LogP contribution in [0.25, 0.3) is 10.4 Å². The van der Waals surface area contributed by atoms with E-state index in [-0.39, 0.29) is 10.6 Å². The van der Waals surface area contributed by atoms with E-state index in [4.69, 9.17) is 0 Å². The van der Waals surface area contributed by atoms with E-state index in [1.54, 1.807) is 37.3 Å². The van der Waals surface area contributed by atoms with Crippen molar-refractivity contribution in [2.24, 2.45) is 0 Å². The Kier molecular flexibility index (Phi) is 5.22. The molecule has 0 spiro atoms. The summed E-state index contributed by atoms with van der Waals surface area (Å²) in [7, 11) is 0. The van der Waals surface area contributed by atoms with E-state index in [2.05, 4.69) is 0 Å². The van der Waals surface area contributed by atoms with Gasteiger partial charge in [0, 0.05) is 4.88 Å². The van der Waals surface area contributed by atoms with Crippen LogP contribution in [0.3, 0.4) is 0 Å². The van der Waals surface area contributed by atoms with E-state index in [0.29, 0.717) is 10.6 Å². The Morgan fingerprint density at radius 1 is 1.08 bits per heavy atom. The van der Waals surface area contributed by atoms with Crippen molar-refractivity contribution in [3.63, 3.8) is 0 Å². The van der Waals surface area contributed by atoms with Gasteiger partial charge in [-0.05, 0) is 37.1 Å². The lowest BCUT2D eigenvalue weighted by Crippen LogP contribution is -2.21. The number of hydrogen-bond acceptors (Lipinski definition) is 4. The zero-order valence-electron chi connectivity index (χ0n) is 14.1. The molecule has 0 aliphatic heterocycles. The summed E-state index contributed by atoms with van der Waals surface area (Å²) in [5.41, 5.74) is 3.23. The molecule has 1 N–H and O–H groups in total. The molecule has 1 aromatic heterocycles. The molecular weight excluding hydrogens is 370 g/mol. The molecule has 7 heteroatoms. The number of aryl methyl sites for hydroxylation is 2. The molecule has 0 radical (unpaired) electrons. The monoisotopic (exact) mass is 386 g/mol. The number of para-hydroxylation sites is 1. The number of anilines is 2. The molecule has 5 nitrogen and oxygen atoms in total. The molecule has 134 valence electrons. The molecular formula is C19H16NO4S2-. The fraction of sp³-hybridized carbons (Fsp3) is 0.105. The maximum Gasteiger partial charge on any atom is 0.348 e. The number of hydrogen-bond donors (Lipinski definition) is 1. The topological polar surface area (TPSA) is 80.7 Å². The summed E-state index contributed by atoms with van der Waals surface area (Å²) in [4.78, 5) is 12.4. The number of rotatable bonds is 5. The first-order chi connectivity index (χ1) is 12.4. The van der Waals surface area contributed by atoms with E-state index in [1.165, 1.54) is 0 Å². The fourth-order valence-electron chi connectivity index (χ4n) is 2.63. The van der Waals surface area contributed by atoms with Gasteiger partial charge in [0.15, 0.2) is 0 Å². The van der Waals surface area contributed by atoms with E-state index >= 15 is 0 Å². The lowest BCUT2D eigenvalue weighted by molar-refractivity contribution is 0.0703. The second-order valence-corrected chi connectivity index (χ2v) is 7.65. The van der Waals surface area contributed by atoms with Gasteiger partial charge in [0.05, 0.1) is 22.6 Å². The van der Waals surface area contributed by atoms with Gasteiger partial charge in [0.1, 0.15) is 4.88 Å². The van der Waals surface area contributed by atoms with Gasteiger partial charge in [0.25, 0.3) is 0 Å². The van der Waals surface area contributed by atoms with Crippen LogP contribution < -0.4 is 4.31 Å². The van der Waals surface area contributed by atoms with Gasteiger partial charge < -0.3 is 9.66 Å². The number of thiophene rings is 1. The van der Waals surface area contributed by atoms with Crippen molar-refractivity contribution < 1.29 is 18.7 Å². The third-order valence-corrected chi connectivity index (χ3v) is 5.80. The van der Waals surface area contributed by atoms with E-state index < -0.39 is 17.2 Å². The van der Waals surface area contributed by atoms with Crippen LogP contribution in [0.5, 0.6) is 0 Å². The second kappa shape index (κ2) is 7.41. The smallest absolute Gasteiger partial charge is 0.348 e. The Morgan fingerprint density at radius 3 is 2.31 bits per heavy atom. The molecule has 3 aromatic rings. The first-order valence-electron chi connectivity index (χ1n) is 7.78. The summed E-state index contributed by atoms with van der Waals surface area (Å²) in [5.74, 6) is -1.16. The summed E-state index contributed by atoms with van der Waals surface area (Å²) < 4.78 is 24.9. The fourth-order valence-corrected chi connectivity index (χ4v) is 4.34. The van der Waals surface area contributed by atoms with Gasteiger partial charge in [-0.25, -0.2) is 4.79 Å². The minimum atomic E-state index is -2.66. The normalized spacial score (nSPS) is 12.0. The molecule has 0 aliphatic rings. The van der Waals surface area contributed by atoms with E-state index in [0.717, 1.165) is 32.3 Å². The molecule has 0 bridgehead atoms. The van der Waals surface area contributed by atoms with Crippen molar-refractivity contribution in [2.75, 3.05) is 4.31 Å². The largest absolute Gasteiger partial charge is 0.755 e. The number of aromatic carboxylic acids is 1. The van der Waals surface area contributed by atoms with Gasteiger partial charge in [-0.1, -0.05) is 48.0 Å². The van der Waals surface area contributed by atoms with Crippen LogP contribution in [0.15, 0.2) is 54.6 Å². The zero-order chi connectivity index (χ0) is 18.8. The highest BCUT2D eigenvalue weighted by Gasteiger charge is 2.24. The van der Waals surface area contributed by atoms with Crippen molar-refractivity contribution in [2.45, 2.75) is 13.8 Å². The summed E-state index contributed by atoms with van der Waals surface area (Å²) in [6, 6.07) is 16.2. The predicted octanol–water partition coefficient (Wildman–Crippen LogP) is 4.66. The van der Waals surface area contributed by atoms with Crippen LogP contribution in [-0.4, -0.2) is 19.8 Å². The lowest BCUT2D eigenvalue weighted by atomic mass is 10.1. The van der Waals surface area contributed by atoms with Gasteiger partial charge in [-0.15, -0.1) is 11.3 Å². The average Bonchev–Trinajstić information content (AvgIpc) is 3.02. The van der Waals surface area contributed by atoms with Crippen LogP contribution in [0.1, 0.15) is 20.8 Å². The molecule has 0 saturated heterocycles. The standard InChI is InChI=1S/C19H17NO4S2/c1-12-7-9-14(10-8-12)17-11-16(18(25-17)19(21)22)20(26(23)24)15-6-4-3-5-13(15)2/h3-11H,1-2H3,(H,21,22)(H,23,24)/p-1. The Labute approximate surface area is 158 Å². The Balaban J connectivity index is 2.18. The highest BCUT2D eigenvalue weighted by Crippen LogP contribution is 2.41. The van der Waals surface area contributed by atoms with Crippen molar-refractivity contribution in [1.29, 1.82) is 0 Å². The van der Waals surface area contributed by atoms with Crippen LogP contribution in [-0.2, 0) is 11.3 Å². The first kappa shape index (κ1) is 18.3. The van der Waals surface area contributed by atoms with Crippen molar-refractivity contribution in [1.82, 2.24) is 0 Å². The molecule has 0 aliphatic carbocycles. The SMILES string of the molecule is Cc1ccc(-c2cc(N(c3ccccc3C)S(=O)[O-])c(C(=O)O)s2)cc1. The van der Waals surface area contributed by atoms with Gasteiger partial charge >= 0.3 is 5.97 Å². The van der Waals surface area contributed by atoms with E-state index in [1.807, 2.05) is 31.2 Å². The first-order valence-corrected chi connectivity index (χ1v) is 9.62. The number of carbonyl (C=O) groups is 1. The van der Waals surface area contributed by atoms with Crippen molar-refractivity contribution in [3.8, 4) is 10.4 Å². The van der Waals surface area contributed by atoms with Gasteiger partial charge in [-0.3, -0.25) is 8.51 Å². The molecule has 0 saturated carbocycles. The molecule has 26 heavy (non-hydrogen) atoms. The summed E-state index contributed by atoms with van der Waals surface area (Å²) in [6.07, 6.45) is 0. The van der Waals surface area contributed by atoms with Crippen LogP contribution in [0.4, 0.5) is 11.4 Å². The second-order valence-electron chi connectivity index (χ2n) is 5.79. The number of nitrogens with zero attached hydrogens (tertiary/aromatic N) is 1. The number of carboxylic acid groups (broad SMARTS) is 1. The molecule has 3 rings (SSSR count). The minimum absolute atomic E-state index is 0.0203. The Morgan fingerprint density at radius 2 is 1.73 bits per heavy atom. The highest BCUT2D eigenvalue weighted by atomic mass is 32.2. The quantitative estimate of drug-likeness (QED) is 0.647. The number of carboxylic acids is 1. The Hall–Kier alpha value is -2.48. The van der Waals surface area contributed by atoms with Crippen LogP contribution >= 0.6 is 11.3 Å². The lowest BCUT2D eigenvalue weighted by Gasteiger charge is -2.27. The van der Waals surface area contributed by atoms with E-state index in [9.17, 15) is 18.7 Å². The zero-order valence-corrected chi connectivity index (χ0v) is 15.8. The predicted molar refractivity (Wildman–Crippen MR) is 104 cm³/mol. The Bertz CT molecular complexity index is 979. The van der Waals surface area contributed by atoms with Crippen LogP contribution in [0.2, 0.25) is 0 Å². The average molecular weight is 386 g/mol. The van der Waals surface area contributed by atoms with Gasteiger partial charge in [-0.2, -0.15) is 0 Å². The minimum Gasteiger partial charge on any atom is -0.755 e. The summed E-state index contributed by atoms with van der Waals surface area (Å²) in [6.45, 7) is 3.75. The highest BCUT2D eigenvalue weighted by molar-refractivity contribution is 7.81. The molecule has 0 fully saturated rings. The number of benzene rings is 2. The third-order valence-electron chi connectivity index (χ3n) is 3.94. The molecule has 1 unspecified atom stereocenters. The summed E-state index contributed by atoms with van der Waals surface area (Å²) >= 11 is -1.60. The van der Waals surface area contributed by atoms with Crippen molar-refractivity contribution in [3.05, 3.63) is 70.6 Å². The maximum atomic E-state index is 12.0. The maximum absolute atomic E-state index is 12.0. The molecule has 1 atom stereocenters. The summed E-state index contributed by atoms with van der Waals surface area (Å²) in [5, 5.41) is 9.60. The molecule has 1 heterocycles. The molecule has 0 amide bonds.